The van der Waals surface area contributed by atoms with Gasteiger partial charge in [0.05, 0.1) is 36.2 Å². The van der Waals surface area contributed by atoms with Crippen molar-refractivity contribution < 1.29 is 9.47 Å². The van der Waals surface area contributed by atoms with Crippen LogP contribution in [0.2, 0.25) is 5.02 Å². The molecule has 0 radical (unpaired) electrons. The molecule has 1 unspecified atom stereocenters. The topological polar surface area (TPSA) is 48.3 Å². The van der Waals surface area contributed by atoms with Gasteiger partial charge in [-0.2, -0.15) is 5.10 Å². The lowest BCUT2D eigenvalue weighted by molar-refractivity contribution is 0.0587. The number of nitrogens with one attached hydrogen (secondary N) is 1. The zero-order valence-electron chi connectivity index (χ0n) is 13.6. The lowest BCUT2D eigenvalue weighted by Crippen LogP contribution is -2.36. The van der Waals surface area contributed by atoms with Crippen molar-refractivity contribution in [1.82, 2.24) is 15.1 Å². The summed E-state index contributed by atoms with van der Waals surface area (Å²) in [6, 6.07) is 0.232. The number of nitrogens with zero attached hydrogens (tertiary/aromatic N) is 2. The minimum atomic E-state index is 0.232. The number of rotatable bonds is 11. The van der Waals surface area contributed by atoms with Crippen molar-refractivity contribution in [2.24, 2.45) is 0 Å². The second kappa shape index (κ2) is 10.2. The third kappa shape index (κ3) is 5.58. The molecule has 1 N–H and O–H groups in total. The van der Waals surface area contributed by atoms with E-state index in [-0.39, 0.29) is 6.04 Å². The Labute approximate surface area is 132 Å². The van der Waals surface area contributed by atoms with Gasteiger partial charge in [-0.05, 0) is 19.9 Å². The molecule has 6 heteroatoms. The first kappa shape index (κ1) is 18.4. The van der Waals surface area contributed by atoms with E-state index < -0.39 is 0 Å². The number of hydrogen-bond donors (Lipinski definition) is 1. The minimum absolute atomic E-state index is 0.232. The van der Waals surface area contributed by atoms with Gasteiger partial charge < -0.3 is 14.8 Å². The number of ether oxygens (including phenoxy) is 2. The molecule has 122 valence electrons. The zero-order valence-corrected chi connectivity index (χ0v) is 14.4. The standard InChI is InChI=1S/C15H28ClN3O2/c1-5-13-15(16)14(19(7-3)18-13)10-12(17-6-2)11-21-9-8-20-4/h12,17H,5-11H2,1-4H3. The quantitative estimate of drug-likeness (QED) is 0.636. The third-order valence-electron chi connectivity index (χ3n) is 3.38. The summed E-state index contributed by atoms with van der Waals surface area (Å²) in [6.07, 6.45) is 1.68. The van der Waals surface area contributed by atoms with E-state index in [1.165, 1.54) is 0 Å². The largest absolute Gasteiger partial charge is 0.382 e. The highest BCUT2D eigenvalue weighted by molar-refractivity contribution is 6.31. The molecule has 0 aliphatic carbocycles. The van der Waals surface area contributed by atoms with Crippen molar-refractivity contribution in [2.45, 2.75) is 46.2 Å². The normalized spacial score (nSPS) is 12.8. The highest BCUT2D eigenvalue weighted by atomic mass is 35.5. The number of halogens is 1. The first-order chi connectivity index (χ1) is 10.2. The maximum absolute atomic E-state index is 6.46. The molecule has 0 bridgehead atoms. The molecule has 0 aliphatic rings. The fourth-order valence-corrected chi connectivity index (χ4v) is 2.64. The van der Waals surface area contributed by atoms with Gasteiger partial charge in [-0.25, -0.2) is 0 Å². The molecule has 0 saturated heterocycles. The van der Waals surface area contributed by atoms with Crippen LogP contribution in [0.3, 0.4) is 0 Å². The van der Waals surface area contributed by atoms with Gasteiger partial charge in [-0.1, -0.05) is 25.4 Å². The van der Waals surface area contributed by atoms with Gasteiger partial charge in [0.25, 0.3) is 0 Å². The van der Waals surface area contributed by atoms with Crippen LogP contribution in [0.5, 0.6) is 0 Å². The Bertz CT molecular complexity index is 410. The van der Waals surface area contributed by atoms with E-state index in [1.807, 2.05) is 4.68 Å². The Morgan fingerprint density at radius 3 is 2.62 bits per heavy atom. The fraction of sp³-hybridized carbons (Fsp3) is 0.800. The molecule has 0 aromatic carbocycles. The molecule has 5 nitrogen and oxygen atoms in total. The van der Waals surface area contributed by atoms with E-state index in [9.17, 15) is 0 Å². The maximum Gasteiger partial charge on any atom is 0.0850 e. The predicted octanol–water partition coefficient (Wildman–Crippen LogP) is 2.30. The average Bonchev–Trinajstić information content (AvgIpc) is 2.79. The number of aromatic nitrogens is 2. The first-order valence-corrected chi connectivity index (χ1v) is 8.09. The molecular weight excluding hydrogens is 290 g/mol. The zero-order chi connectivity index (χ0) is 15.7. The van der Waals surface area contributed by atoms with Crippen LogP contribution < -0.4 is 5.32 Å². The van der Waals surface area contributed by atoms with Gasteiger partial charge in [0.1, 0.15) is 0 Å². The van der Waals surface area contributed by atoms with Gasteiger partial charge >= 0.3 is 0 Å². The molecule has 0 saturated carbocycles. The summed E-state index contributed by atoms with van der Waals surface area (Å²) < 4.78 is 12.6. The summed E-state index contributed by atoms with van der Waals surface area (Å²) in [4.78, 5) is 0. The number of likely N-dealkylation sites (N-methyl/N-ethyl adjacent to an activating group) is 1. The van der Waals surface area contributed by atoms with Crippen LogP contribution in [-0.2, 0) is 28.9 Å². The smallest absolute Gasteiger partial charge is 0.0850 e. The van der Waals surface area contributed by atoms with Crippen molar-refractivity contribution in [3.63, 3.8) is 0 Å². The first-order valence-electron chi connectivity index (χ1n) is 7.71. The highest BCUT2D eigenvalue weighted by Gasteiger charge is 2.18. The van der Waals surface area contributed by atoms with Crippen LogP contribution in [-0.4, -0.2) is 49.3 Å². The number of hydrogen-bond acceptors (Lipinski definition) is 4. The highest BCUT2D eigenvalue weighted by Crippen LogP contribution is 2.23. The van der Waals surface area contributed by atoms with Gasteiger partial charge in [0, 0.05) is 26.1 Å². The fourth-order valence-electron chi connectivity index (χ4n) is 2.29. The van der Waals surface area contributed by atoms with Crippen molar-refractivity contribution >= 4 is 11.6 Å². The second-order valence-electron chi connectivity index (χ2n) is 4.90. The summed E-state index contributed by atoms with van der Waals surface area (Å²) >= 11 is 6.46. The minimum Gasteiger partial charge on any atom is -0.382 e. The summed E-state index contributed by atoms with van der Waals surface area (Å²) in [5.74, 6) is 0. The third-order valence-corrected chi connectivity index (χ3v) is 3.81. The molecule has 1 rings (SSSR count). The molecule has 1 aromatic heterocycles. The lowest BCUT2D eigenvalue weighted by atomic mass is 10.1. The van der Waals surface area contributed by atoms with Gasteiger partial charge in [-0.3, -0.25) is 4.68 Å². The molecule has 0 spiro atoms. The van der Waals surface area contributed by atoms with E-state index in [1.54, 1.807) is 7.11 Å². The number of aryl methyl sites for hydroxylation is 2. The molecule has 0 fully saturated rings. The summed E-state index contributed by atoms with van der Waals surface area (Å²) in [6.45, 7) is 9.86. The monoisotopic (exact) mass is 317 g/mol. The Kier molecular flexibility index (Phi) is 8.92. The Morgan fingerprint density at radius 1 is 1.29 bits per heavy atom. The Balaban J connectivity index is 2.71. The van der Waals surface area contributed by atoms with E-state index in [0.29, 0.717) is 19.8 Å². The predicted molar refractivity (Wildman–Crippen MR) is 86.2 cm³/mol. The maximum atomic E-state index is 6.46. The Hall–Kier alpha value is -0.620. The van der Waals surface area contributed by atoms with Crippen LogP contribution in [0.25, 0.3) is 0 Å². The summed E-state index contributed by atoms with van der Waals surface area (Å²) in [5, 5.41) is 8.82. The molecule has 21 heavy (non-hydrogen) atoms. The van der Waals surface area contributed by atoms with Gasteiger partial charge in [0.15, 0.2) is 0 Å². The van der Waals surface area contributed by atoms with Gasteiger partial charge in [-0.15, -0.1) is 0 Å². The van der Waals surface area contributed by atoms with E-state index in [2.05, 4.69) is 31.2 Å². The van der Waals surface area contributed by atoms with Crippen molar-refractivity contribution in [2.75, 3.05) is 33.5 Å². The summed E-state index contributed by atoms with van der Waals surface area (Å²) in [7, 11) is 1.68. The molecular formula is C15H28ClN3O2. The lowest BCUT2D eigenvalue weighted by Gasteiger charge is -2.18. The second-order valence-corrected chi connectivity index (χ2v) is 5.28. The Morgan fingerprint density at radius 2 is 2.05 bits per heavy atom. The molecule has 0 amide bonds. The molecule has 1 heterocycles. The van der Waals surface area contributed by atoms with Crippen LogP contribution in [0.1, 0.15) is 32.2 Å². The van der Waals surface area contributed by atoms with Crippen molar-refractivity contribution in [1.29, 1.82) is 0 Å². The van der Waals surface area contributed by atoms with Crippen LogP contribution in [0, 0.1) is 0 Å². The van der Waals surface area contributed by atoms with E-state index in [4.69, 9.17) is 21.1 Å². The average molecular weight is 318 g/mol. The van der Waals surface area contributed by atoms with Gasteiger partial charge in [0.2, 0.25) is 0 Å². The molecule has 0 aliphatic heterocycles. The number of methoxy groups -OCH3 is 1. The summed E-state index contributed by atoms with van der Waals surface area (Å²) in [5.41, 5.74) is 2.07. The van der Waals surface area contributed by atoms with Crippen LogP contribution in [0.15, 0.2) is 0 Å². The van der Waals surface area contributed by atoms with Crippen LogP contribution in [0.4, 0.5) is 0 Å². The molecule has 1 atom stereocenters. The van der Waals surface area contributed by atoms with Crippen molar-refractivity contribution in [3.8, 4) is 0 Å². The van der Waals surface area contributed by atoms with E-state index in [0.717, 1.165) is 42.3 Å². The SMILES string of the molecule is CCNC(COCCOC)Cc1c(Cl)c(CC)nn1CC. The van der Waals surface area contributed by atoms with Crippen LogP contribution >= 0.6 is 11.6 Å². The van der Waals surface area contributed by atoms with Crippen molar-refractivity contribution in [3.05, 3.63) is 16.4 Å². The van der Waals surface area contributed by atoms with E-state index >= 15 is 0 Å². The molecule has 1 aromatic rings.